The lowest BCUT2D eigenvalue weighted by atomic mass is 10.3. The van der Waals surface area contributed by atoms with Crippen molar-refractivity contribution in [3.8, 4) is 5.75 Å². The molecule has 90 valence electrons. The number of hydrogen-bond acceptors (Lipinski definition) is 4. The smallest absolute Gasteiger partial charge is 0.160 e. The second kappa shape index (κ2) is 5.39. The highest BCUT2D eigenvalue weighted by Gasteiger charge is 2.03. The predicted octanol–water partition coefficient (Wildman–Crippen LogP) is 2.65. The Morgan fingerprint density at radius 2 is 2.35 bits per heavy atom. The van der Waals surface area contributed by atoms with E-state index in [1.807, 2.05) is 25.1 Å². The van der Waals surface area contributed by atoms with Crippen molar-refractivity contribution in [2.45, 2.75) is 13.3 Å². The summed E-state index contributed by atoms with van der Waals surface area (Å²) in [7, 11) is 1.64. The van der Waals surface area contributed by atoms with Gasteiger partial charge in [-0.05, 0) is 25.1 Å². The molecule has 0 amide bonds. The molecule has 2 rings (SSSR count). The van der Waals surface area contributed by atoms with Crippen LogP contribution in [0.3, 0.4) is 0 Å². The Morgan fingerprint density at radius 1 is 1.47 bits per heavy atom. The number of pyridine rings is 1. The zero-order valence-corrected chi connectivity index (χ0v) is 10.1. The van der Waals surface area contributed by atoms with Gasteiger partial charge in [0.15, 0.2) is 5.75 Å². The lowest BCUT2D eigenvalue weighted by Gasteiger charge is -2.10. The number of aromatic nitrogens is 1. The molecule has 0 fully saturated rings. The van der Waals surface area contributed by atoms with Crippen LogP contribution >= 0.6 is 0 Å². The second-order valence-corrected chi connectivity index (χ2v) is 3.78. The monoisotopic (exact) mass is 232 g/mol. The summed E-state index contributed by atoms with van der Waals surface area (Å²) in [5, 5.41) is 3.32. The number of ether oxygens (including phenoxy) is 1. The number of rotatable bonds is 5. The first-order valence-electron chi connectivity index (χ1n) is 5.56. The van der Waals surface area contributed by atoms with Crippen LogP contribution in [0, 0.1) is 6.92 Å². The van der Waals surface area contributed by atoms with Crippen LogP contribution in [0.2, 0.25) is 0 Å². The Kier molecular flexibility index (Phi) is 3.65. The maximum atomic E-state index is 5.27. The highest BCUT2D eigenvalue weighted by atomic mass is 16.5. The Labute approximate surface area is 101 Å². The minimum atomic E-state index is 0.759. The summed E-state index contributed by atoms with van der Waals surface area (Å²) >= 11 is 0. The van der Waals surface area contributed by atoms with E-state index < -0.39 is 0 Å². The number of nitrogens with one attached hydrogen (secondary N) is 1. The average molecular weight is 232 g/mol. The lowest BCUT2D eigenvalue weighted by Crippen LogP contribution is -2.06. The van der Waals surface area contributed by atoms with E-state index in [1.54, 1.807) is 19.6 Å². The van der Waals surface area contributed by atoms with E-state index in [4.69, 9.17) is 9.15 Å². The molecule has 2 aromatic rings. The maximum absolute atomic E-state index is 5.27. The fraction of sp³-hybridized carbons (Fsp3) is 0.308. The van der Waals surface area contributed by atoms with Gasteiger partial charge in [-0.25, -0.2) is 0 Å². The van der Waals surface area contributed by atoms with Gasteiger partial charge in [0.2, 0.25) is 0 Å². The molecule has 0 radical (unpaired) electrons. The average Bonchev–Trinajstić information content (AvgIpc) is 2.82. The first-order chi connectivity index (χ1) is 8.29. The summed E-state index contributed by atoms with van der Waals surface area (Å²) in [5.74, 6) is 1.73. The fourth-order valence-corrected chi connectivity index (χ4v) is 1.62. The van der Waals surface area contributed by atoms with Gasteiger partial charge >= 0.3 is 0 Å². The number of nitrogens with zero attached hydrogens (tertiary/aromatic N) is 1. The van der Waals surface area contributed by atoms with Crippen LogP contribution in [0.25, 0.3) is 0 Å². The van der Waals surface area contributed by atoms with E-state index in [0.29, 0.717) is 0 Å². The summed E-state index contributed by atoms with van der Waals surface area (Å²) in [6.45, 7) is 2.75. The normalized spacial score (nSPS) is 10.2. The van der Waals surface area contributed by atoms with Gasteiger partial charge in [-0.3, -0.25) is 4.98 Å². The summed E-state index contributed by atoms with van der Waals surface area (Å²) in [6, 6.07) is 5.84. The highest BCUT2D eigenvalue weighted by molar-refractivity contribution is 5.55. The van der Waals surface area contributed by atoms with E-state index in [9.17, 15) is 0 Å². The van der Waals surface area contributed by atoms with Gasteiger partial charge < -0.3 is 14.5 Å². The Bertz CT molecular complexity index is 466. The van der Waals surface area contributed by atoms with Crippen molar-refractivity contribution < 1.29 is 9.15 Å². The van der Waals surface area contributed by atoms with Gasteiger partial charge in [0, 0.05) is 18.7 Å². The van der Waals surface area contributed by atoms with Gasteiger partial charge in [0.25, 0.3) is 0 Å². The molecule has 0 saturated heterocycles. The number of furan rings is 1. The molecule has 0 atom stereocenters. The van der Waals surface area contributed by atoms with E-state index in [-0.39, 0.29) is 0 Å². The summed E-state index contributed by atoms with van der Waals surface area (Å²) in [6.07, 6.45) is 4.26. The van der Waals surface area contributed by atoms with Crippen LogP contribution in [0.4, 0.5) is 5.69 Å². The molecule has 0 unspecified atom stereocenters. The Morgan fingerprint density at radius 3 is 3.06 bits per heavy atom. The van der Waals surface area contributed by atoms with Crippen LogP contribution in [0.15, 0.2) is 35.1 Å². The summed E-state index contributed by atoms with van der Waals surface area (Å²) in [4.78, 5) is 4.19. The third kappa shape index (κ3) is 3.00. The van der Waals surface area contributed by atoms with Crippen molar-refractivity contribution in [2.24, 2.45) is 0 Å². The van der Waals surface area contributed by atoms with Crippen molar-refractivity contribution in [3.63, 3.8) is 0 Å². The topological polar surface area (TPSA) is 47.3 Å². The molecule has 2 heterocycles. The van der Waals surface area contributed by atoms with Crippen LogP contribution in [0.1, 0.15) is 11.5 Å². The van der Waals surface area contributed by atoms with Crippen LogP contribution in [-0.4, -0.2) is 18.6 Å². The minimum Gasteiger partial charge on any atom is -0.493 e. The van der Waals surface area contributed by atoms with Crippen molar-refractivity contribution in [1.82, 2.24) is 4.98 Å². The van der Waals surface area contributed by atoms with E-state index in [1.165, 1.54) is 0 Å². The van der Waals surface area contributed by atoms with Gasteiger partial charge in [0.1, 0.15) is 5.76 Å². The lowest BCUT2D eigenvalue weighted by molar-refractivity contribution is 0.414. The van der Waals surface area contributed by atoms with Gasteiger partial charge in [-0.2, -0.15) is 0 Å². The molecular formula is C13H16N2O2. The third-order valence-corrected chi connectivity index (χ3v) is 2.49. The summed E-state index contributed by atoms with van der Waals surface area (Å²) < 4.78 is 10.5. The quantitative estimate of drug-likeness (QED) is 0.860. The number of hydrogen-bond donors (Lipinski definition) is 1. The van der Waals surface area contributed by atoms with Crippen molar-refractivity contribution in [1.29, 1.82) is 0 Å². The SMILES string of the molecule is COc1cnc(C)cc1NCCc1ccco1. The second-order valence-electron chi connectivity index (χ2n) is 3.78. The van der Waals surface area contributed by atoms with Gasteiger partial charge in [-0.1, -0.05) is 0 Å². The molecule has 1 N–H and O–H groups in total. The Hall–Kier alpha value is -1.97. The molecule has 0 aliphatic rings. The number of aryl methyl sites for hydroxylation is 1. The zero-order chi connectivity index (χ0) is 12.1. The zero-order valence-electron chi connectivity index (χ0n) is 10.1. The van der Waals surface area contributed by atoms with E-state index >= 15 is 0 Å². The third-order valence-electron chi connectivity index (χ3n) is 2.49. The number of methoxy groups -OCH3 is 1. The number of anilines is 1. The Balaban J connectivity index is 1.96. The minimum absolute atomic E-state index is 0.759. The first-order valence-corrected chi connectivity index (χ1v) is 5.56. The standard InChI is InChI=1S/C13H16N2O2/c1-10-8-12(13(16-2)9-15-10)14-6-5-11-4-3-7-17-11/h3-4,7-9H,5-6H2,1-2H3,(H,14,15). The molecule has 0 aliphatic carbocycles. The molecule has 0 aliphatic heterocycles. The van der Waals surface area contributed by atoms with E-state index in [0.717, 1.165) is 35.9 Å². The van der Waals surface area contributed by atoms with Crippen LogP contribution < -0.4 is 10.1 Å². The maximum Gasteiger partial charge on any atom is 0.160 e. The van der Waals surface area contributed by atoms with Crippen LogP contribution in [-0.2, 0) is 6.42 Å². The molecular weight excluding hydrogens is 216 g/mol. The van der Waals surface area contributed by atoms with Crippen LogP contribution in [0.5, 0.6) is 5.75 Å². The highest BCUT2D eigenvalue weighted by Crippen LogP contribution is 2.23. The molecule has 4 heteroatoms. The predicted molar refractivity (Wildman–Crippen MR) is 66.4 cm³/mol. The molecule has 17 heavy (non-hydrogen) atoms. The van der Waals surface area contributed by atoms with E-state index in [2.05, 4.69) is 10.3 Å². The molecule has 4 nitrogen and oxygen atoms in total. The van der Waals surface area contributed by atoms with Crippen molar-refractivity contribution in [3.05, 3.63) is 42.1 Å². The van der Waals surface area contributed by atoms with Crippen molar-refractivity contribution in [2.75, 3.05) is 19.0 Å². The first kappa shape index (κ1) is 11.5. The molecule has 0 aromatic carbocycles. The molecule has 2 aromatic heterocycles. The fourth-order valence-electron chi connectivity index (χ4n) is 1.62. The largest absolute Gasteiger partial charge is 0.493 e. The molecule has 0 spiro atoms. The molecule has 0 bridgehead atoms. The van der Waals surface area contributed by atoms with Crippen molar-refractivity contribution >= 4 is 5.69 Å². The van der Waals surface area contributed by atoms with Gasteiger partial charge in [-0.15, -0.1) is 0 Å². The van der Waals surface area contributed by atoms with Gasteiger partial charge in [0.05, 0.1) is 25.3 Å². The molecule has 0 saturated carbocycles. The summed E-state index contributed by atoms with van der Waals surface area (Å²) in [5.41, 5.74) is 1.93.